The molecule has 9 heteroatoms. The van der Waals surface area contributed by atoms with Crippen LogP contribution in [0.2, 0.25) is 0 Å². The van der Waals surface area contributed by atoms with Gasteiger partial charge in [-0.2, -0.15) is 0 Å². The number of hydrogen-bond acceptors (Lipinski definition) is 6. The molecule has 1 aromatic carbocycles. The number of hydrogen-bond donors (Lipinski definition) is 3. The first-order valence-electron chi connectivity index (χ1n) is 7.69. The highest BCUT2D eigenvalue weighted by molar-refractivity contribution is 5.91. The summed E-state index contributed by atoms with van der Waals surface area (Å²) < 4.78 is 5.22. The summed E-state index contributed by atoms with van der Waals surface area (Å²) in [5, 5.41) is 26.9. The Bertz CT molecular complexity index is 638. The average Bonchev–Trinajstić information content (AvgIpc) is 2.57. The molecule has 1 aromatic heterocycles. The van der Waals surface area contributed by atoms with Crippen molar-refractivity contribution in [2.45, 2.75) is 25.7 Å². The van der Waals surface area contributed by atoms with E-state index in [0.717, 1.165) is 54.6 Å². The van der Waals surface area contributed by atoms with E-state index in [0.29, 0.717) is 6.61 Å². The van der Waals surface area contributed by atoms with Crippen molar-refractivity contribution in [2.24, 2.45) is 0 Å². The monoisotopic (exact) mass is 373 g/mol. The van der Waals surface area contributed by atoms with E-state index in [9.17, 15) is 0 Å². The fourth-order valence-electron chi connectivity index (χ4n) is 2.22. The first kappa shape index (κ1) is 22.7. The topological polar surface area (TPSA) is 118 Å². The summed E-state index contributed by atoms with van der Waals surface area (Å²) in [5.41, 5.74) is 2.05. The minimum atomic E-state index is -1.50. The van der Waals surface area contributed by atoms with Crippen molar-refractivity contribution < 1.29 is 20.1 Å². The lowest BCUT2D eigenvalue weighted by Crippen LogP contribution is -2.02. The van der Waals surface area contributed by atoms with E-state index in [2.05, 4.69) is 10.3 Å². The molecule has 8 nitrogen and oxygen atoms in total. The Morgan fingerprint density at radius 2 is 1.92 bits per heavy atom. The Kier molecular flexibility index (Phi) is 11.8. The lowest BCUT2D eigenvalue weighted by Gasteiger charge is -2.10. The number of nitrogens with zero attached hydrogens (tertiary/aromatic N) is 2. The largest absolute Gasteiger partial charge is 0.497 e. The Balaban J connectivity index is 0.00000104. The third kappa shape index (κ3) is 8.92. The van der Waals surface area contributed by atoms with Gasteiger partial charge in [-0.05, 0) is 31.0 Å². The molecule has 0 atom stereocenters. The van der Waals surface area contributed by atoms with E-state index in [4.69, 9.17) is 25.2 Å². The molecule has 0 aliphatic heterocycles. The van der Waals surface area contributed by atoms with Gasteiger partial charge >= 0.3 is 0 Å². The second-order valence-corrected chi connectivity index (χ2v) is 5.04. The number of halogens is 1. The predicted molar refractivity (Wildman–Crippen MR) is 98.4 cm³/mol. The van der Waals surface area contributed by atoms with Gasteiger partial charge in [0.15, 0.2) is 0 Å². The SMILES string of the molecule is COc1ccc2c(NCCCCCCO)ccnc2c1.Cl.O=[N+]([O-])O. The highest BCUT2D eigenvalue weighted by Gasteiger charge is 2.02. The molecule has 140 valence electrons. The van der Waals surface area contributed by atoms with Crippen molar-refractivity contribution >= 4 is 29.0 Å². The number of methoxy groups -OCH3 is 1. The van der Waals surface area contributed by atoms with Gasteiger partial charge in [-0.25, -0.2) is 0 Å². The van der Waals surface area contributed by atoms with Crippen molar-refractivity contribution in [3.8, 4) is 5.75 Å². The van der Waals surface area contributed by atoms with E-state index >= 15 is 0 Å². The zero-order valence-corrected chi connectivity index (χ0v) is 14.9. The van der Waals surface area contributed by atoms with Crippen LogP contribution < -0.4 is 10.1 Å². The molecule has 2 rings (SSSR count). The van der Waals surface area contributed by atoms with Gasteiger partial charge < -0.3 is 20.4 Å². The van der Waals surface area contributed by atoms with Crippen LogP contribution in [0.3, 0.4) is 0 Å². The zero-order valence-electron chi connectivity index (χ0n) is 14.1. The van der Waals surface area contributed by atoms with Gasteiger partial charge in [0.2, 0.25) is 0 Å². The maximum atomic E-state index is 8.73. The number of rotatable bonds is 8. The minimum Gasteiger partial charge on any atom is -0.497 e. The maximum absolute atomic E-state index is 8.73. The van der Waals surface area contributed by atoms with Crippen molar-refractivity contribution in [1.82, 2.24) is 4.98 Å². The number of aliphatic hydroxyl groups excluding tert-OH is 1. The van der Waals surface area contributed by atoms with Crippen LogP contribution in [0.25, 0.3) is 10.9 Å². The standard InChI is InChI=1S/C16H22N2O2.ClH.HNO3/c1-20-13-6-7-14-15(8-10-18-16(14)12-13)17-9-4-2-3-5-11-19;;2-1(3)4/h6-8,10,12,19H,2-5,9,11H2,1H3,(H,17,18);1H;(H,2,3,4). The molecular formula is C16H24ClN3O5. The Morgan fingerprint density at radius 3 is 2.56 bits per heavy atom. The summed E-state index contributed by atoms with van der Waals surface area (Å²) in [6.07, 6.45) is 6.06. The molecule has 0 amide bonds. The molecule has 0 saturated heterocycles. The molecule has 3 N–H and O–H groups in total. The molecule has 0 spiro atoms. The van der Waals surface area contributed by atoms with Crippen LogP contribution in [0.5, 0.6) is 5.75 Å². The molecule has 0 aliphatic carbocycles. The fourth-order valence-corrected chi connectivity index (χ4v) is 2.22. The molecule has 1 heterocycles. The van der Waals surface area contributed by atoms with Gasteiger partial charge in [0.05, 0.1) is 12.6 Å². The van der Waals surface area contributed by atoms with Crippen LogP contribution in [0.4, 0.5) is 5.69 Å². The summed E-state index contributed by atoms with van der Waals surface area (Å²) in [7, 11) is 1.66. The number of aliphatic hydroxyl groups is 1. The molecular weight excluding hydrogens is 350 g/mol. The lowest BCUT2D eigenvalue weighted by molar-refractivity contribution is -0.742. The highest BCUT2D eigenvalue weighted by Crippen LogP contribution is 2.25. The van der Waals surface area contributed by atoms with Gasteiger partial charge in [-0.15, -0.1) is 22.5 Å². The third-order valence-corrected chi connectivity index (χ3v) is 3.35. The van der Waals surface area contributed by atoms with E-state index in [-0.39, 0.29) is 12.4 Å². The van der Waals surface area contributed by atoms with Crippen LogP contribution in [-0.2, 0) is 0 Å². The van der Waals surface area contributed by atoms with Crippen molar-refractivity contribution in [2.75, 3.05) is 25.6 Å². The number of anilines is 1. The normalized spacial score (nSPS) is 9.52. The number of benzene rings is 1. The zero-order chi connectivity index (χ0) is 17.8. The van der Waals surface area contributed by atoms with Crippen LogP contribution in [0.15, 0.2) is 30.5 Å². The van der Waals surface area contributed by atoms with Crippen molar-refractivity contribution in [3.05, 3.63) is 40.6 Å². The number of ether oxygens (including phenoxy) is 1. The summed E-state index contributed by atoms with van der Waals surface area (Å²) >= 11 is 0. The van der Waals surface area contributed by atoms with Gasteiger partial charge in [0.25, 0.3) is 5.09 Å². The van der Waals surface area contributed by atoms with E-state index < -0.39 is 5.09 Å². The number of pyridine rings is 1. The van der Waals surface area contributed by atoms with Crippen LogP contribution >= 0.6 is 12.4 Å². The summed E-state index contributed by atoms with van der Waals surface area (Å²) in [6.45, 7) is 1.24. The van der Waals surface area contributed by atoms with E-state index in [1.807, 2.05) is 30.5 Å². The predicted octanol–water partition coefficient (Wildman–Crippen LogP) is 3.28. The van der Waals surface area contributed by atoms with Gasteiger partial charge in [-0.1, -0.05) is 12.8 Å². The van der Waals surface area contributed by atoms with Crippen molar-refractivity contribution in [1.29, 1.82) is 0 Å². The van der Waals surface area contributed by atoms with E-state index in [1.165, 1.54) is 0 Å². The Hall–Kier alpha value is -2.32. The second-order valence-electron chi connectivity index (χ2n) is 5.04. The lowest BCUT2D eigenvalue weighted by atomic mass is 10.1. The number of nitrogens with one attached hydrogen (secondary N) is 1. The van der Waals surface area contributed by atoms with E-state index in [1.54, 1.807) is 7.11 Å². The maximum Gasteiger partial charge on any atom is 0.291 e. The first-order chi connectivity index (χ1) is 11.6. The van der Waals surface area contributed by atoms with Gasteiger partial charge in [0, 0.05) is 36.5 Å². The second kappa shape index (κ2) is 13.0. The van der Waals surface area contributed by atoms with Crippen LogP contribution in [0, 0.1) is 10.1 Å². The molecule has 0 saturated carbocycles. The summed E-state index contributed by atoms with van der Waals surface area (Å²) in [6, 6.07) is 7.94. The smallest absolute Gasteiger partial charge is 0.291 e. The summed E-state index contributed by atoms with van der Waals surface area (Å²) in [4.78, 5) is 12.7. The fraction of sp³-hybridized carbons (Fsp3) is 0.438. The van der Waals surface area contributed by atoms with Crippen LogP contribution in [-0.4, -0.2) is 40.6 Å². The van der Waals surface area contributed by atoms with Gasteiger partial charge in [-0.3, -0.25) is 4.98 Å². The molecule has 0 fully saturated rings. The number of unbranched alkanes of at least 4 members (excludes halogenated alkanes) is 3. The Labute approximate surface area is 152 Å². The molecule has 0 bridgehead atoms. The van der Waals surface area contributed by atoms with Crippen molar-refractivity contribution in [3.63, 3.8) is 0 Å². The molecule has 25 heavy (non-hydrogen) atoms. The third-order valence-electron chi connectivity index (χ3n) is 3.35. The number of fused-ring (bicyclic) bond motifs is 1. The quantitative estimate of drug-likeness (QED) is 0.369. The highest BCUT2D eigenvalue weighted by atomic mass is 35.5. The minimum absolute atomic E-state index is 0. The molecule has 0 radical (unpaired) electrons. The average molecular weight is 374 g/mol. The molecule has 0 aliphatic rings. The Morgan fingerprint density at radius 1 is 1.24 bits per heavy atom. The molecule has 0 unspecified atom stereocenters. The van der Waals surface area contributed by atoms with Gasteiger partial charge in [0.1, 0.15) is 5.75 Å². The van der Waals surface area contributed by atoms with Crippen LogP contribution in [0.1, 0.15) is 25.7 Å². The summed E-state index contributed by atoms with van der Waals surface area (Å²) in [5.74, 6) is 0.825. The molecule has 2 aromatic rings. The number of aromatic nitrogens is 1. The first-order valence-corrected chi connectivity index (χ1v) is 7.69.